The van der Waals surface area contributed by atoms with E-state index in [0.29, 0.717) is 0 Å². The fraction of sp³-hybridized carbons (Fsp3) is 1.00. The van der Waals surface area contributed by atoms with Crippen molar-refractivity contribution in [3.63, 3.8) is 0 Å². The van der Waals surface area contributed by atoms with E-state index < -0.39 is 0 Å². The number of halogens is 1. The van der Waals surface area contributed by atoms with Crippen LogP contribution in [0.25, 0.3) is 0 Å². The van der Waals surface area contributed by atoms with Crippen molar-refractivity contribution in [2.24, 2.45) is 0 Å². The first-order valence-corrected chi connectivity index (χ1v) is 10.2. The quantitative estimate of drug-likeness (QED) is 0.470. The topological polar surface area (TPSA) is 4.44 Å². The fourth-order valence-corrected chi connectivity index (χ4v) is 3.82. The van der Waals surface area contributed by atoms with Gasteiger partial charge in [0, 0.05) is 0 Å². The molecule has 0 radical (unpaired) electrons. The normalized spacial score (nSPS) is 21.5. The summed E-state index contributed by atoms with van der Waals surface area (Å²) in [6.45, 7) is 7.64. The molecule has 0 aromatic heterocycles. The van der Waals surface area contributed by atoms with Crippen LogP contribution >= 0.6 is 0 Å². The average molecular weight is 376 g/mol. The number of unbranched alkanes of at least 4 members (excludes halogenated alkanes) is 11. The van der Waals surface area contributed by atoms with Gasteiger partial charge < -0.3 is 21.9 Å². The Morgan fingerprint density at radius 3 is 1.73 bits per heavy atom. The van der Waals surface area contributed by atoms with E-state index in [9.17, 15) is 0 Å². The monoisotopic (exact) mass is 375 g/mol. The molecular weight excluding hydrogens is 334 g/mol. The van der Waals surface area contributed by atoms with Gasteiger partial charge in [0.15, 0.2) is 0 Å². The summed E-state index contributed by atoms with van der Waals surface area (Å²) in [7, 11) is 0. The van der Waals surface area contributed by atoms with Crippen molar-refractivity contribution in [3.8, 4) is 0 Å². The Bertz CT molecular complexity index is 220. The highest BCUT2D eigenvalue weighted by atomic mass is 79.9. The molecule has 22 heavy (non-hydrogen) atoms. The summed E-state index contributed by atoms with van der Waals surface area (Å²) >= 11 is 0. The number of nitrogens with one attached hydrogen (secondary N) is 1. The van der Waals surface area contributed by atoms with Crippen molar-refractivity contribution in [1.82, 2.24) is 0 Å². The molecule has 1 rings (SSSR count). The van der Waals surface area contributed by atoms with Gasteiger partial charge in [-0.1, -0.05) is 71.1 Å². The number of rotatable bonds is 13. The Morgan fingerprint density at radius 2 is 1.23 bits per heavy atom. The largest absolute Gasteiger partial charge is 1.00 e. The predicted molar refractivity (Wildman–Crippen MR) is 95.1 cm³/mol. The van der Waals surface area contributed by atoms with E-state index in [-0.39, 0.29) is 17.0 Å². The van der Waals surface area contributed by atoms with Gasteiger partial charge in [-0.05, 0) is 39.0 Å². The van der Waals surface area contributed by atoms with Gasteiger partial charge in [-0.15, -0.1) is 0 Å². The molecule has 1 aliphatic heterocycles. The number of piperidine rings is 1. The Kier molecular flexibility index (Phi) is 16.6. The first kappa shape index (κ1) is 22.4. The summed E-state index contributed by atoms with van der Waals surface area (Å²) in [6.07, 6.45) is 22.0. The van der Waals surface area contributed by atoms with Crippen LogP contribution in [-0.4, -0.2) is 19.1 Å². The first-order chi connectivity index (χ1) is 10.3. The lowest BCUT2D eigenvalue weighted by Crippen LogP contribution is -3.16. The number of quaternary nitrogens is 1. The highest BCUT2D eigenvalue weighted by Crippen LogP contribution is 2.11. The summed E-state index contributed by atoms with van der Waals surface area (Å²) in [5.74, 6) is 0. The third kappa shape index (κ3) is 11.9. The zero-order chi connectivity index (χ0) is 15.2. The molecule has 1 aliphatic rings. The molecule has 2 unspecified atom stereocenters. The van der Waals surface area contributed by atoms with Crippen molar-refractivity contribution < 1.29 is 21.9 Å². The summed E-state index contributed by atoms with van der Waals surface area (Å²) in [4.78, 5) is 1.90. The van der Waals surface area contributed by atoms with Gasteiger partial charge in [-0.25, -0.2) is 0 Å². The zero-order valence-corrected chi connectivity index (χ0v) is 17.1. The van der Waals surface area contributed by atoms with Crippen LogP contribution in [0.2, 0.25) is 0 Å². The van der Waals surface area contributed by atoms with E-state index in [1.54, 1.807) is 0 Å². The molecule has 0 aliphatic carbocycles. The molecule has 1 nitrogen and oxygen atoms in total. The second kappa shape index (κ2) is 16.3. The Balaban J connectivity index is 0.00000441. The van der Waals surface area contributed by atoms with E-state index in [1.807, 2.05) is 4.90 Å². The maximum absolute atomic E-state index is 2.45. The van der Waals surface area contributed by atoms with Crippen LogP contribution in [-0.2, 0) is 0 Å². The van der Waals surface area contributed by atoms with Crippen LogP contribution in [0.4, 0.5) is 0 Å². The highest BCUT2D eigenvalue weighted by molar-refractivity contribution is 4.56. The molecule has 2 heteroatoms. The maximum atomic E-state index is 2.45. The minimum atomic E-state index is 0. The molecule has 0 amide bonds. The van der Waals surface area contributed by atoms with Crippen LogP contribution in [0.1, 0.15) is 110 Å². The predicted octanol–water partition coefficient (Wildman–Crippen LogP) is 2.15. The first-order valence-electron chi connectivity index (χ1n) is 10.2. The van der Waals surface area contributed by atoms with Crippen molar-refractivity contribution in [1.29, 1.82) is 0 Å². The van der Waals surface area contributed by atoms with E-state index in [1.165, 1.54) is 109 Å². The van der Waals surface area contributed by atoms with Crippen molar-refractivity contribution >= 4 is 0 Å². The SMILES string of the molecule is CCCCCCCCCCCCCC[NH+]1CCCCC1C.[Br-]. The smallest absolute Gasteiger partial charge is 0.0846 e. The summed E-state index contributed by atoms with van der Waals surface area (Å²) in [6, 6.07) is 0.937. The molecule has 1 saturated heterocycles. The van der Waals surface area contributed by atoms with Crippen LogP contribution in [0, 0.1) is 0 Å². The third-order valence-corrected chi connectivity index (χ3v) is 5.43. The summed E-state index contributed by atoms with van der Waals surface area (Å²) in [5.41, 5.74) is 0. The van der Waals surface area contributed by atoms with Crippen molar-refractivity contribution in [2.75, 3.05) is 13.1 Å². The van der Waals surface area contributed by atoms with E-state index in [4.69, 9.17) is 0 Å². The molecule has 2 atom stereocenters. The lowest BCUT2D eigenvalue weighted by Gasteiger charge is -2.30. The fourth-order valence-electron chi connectivity index (χ4n) is 3.82. The number of likely N-dealkylation sites (tertiary alicyclic amines) is 1. The lowest BCUT2D eigenvalue weighted by atomic mass is 10.0. The molecule has 1 heterocycles. The van der Waals surface area contributed by atoms with Gasteiger partial charge >= 0.3 is 0 Å². The average Bonchev–Trinajstić information content (AvgIpc) is 2.50. The Labute approximate surface area is 151 Å². The van der Waals surface area contributed by atoms with Gasteiger partial charge in [0.1, 0.15) is 0 Å². The second-order valence-corrected chi connectivity index (χ2v) is 7.44. The van der Waals surface area contributed by atoms with Gasteiger partial charge in [-0.2, -0.15) is 0 Å². The molecule has 1 N–H and O–H groups in total. The third-order valence-electron chi connectivity index (χ3n) is 5.43. The van der Waals surface area contributed by atoms with Crippen molar-refractivity contribution in [3.05, 3.63) is 0 Å². The molecule has 134 valence electrons. The zero-order valence-electron chi connectivity index (χ0n) is 15.5. The van der Waals surface area contributed by atoms with Gasteiger partial charge in [-0.3, -0.25) is 0 Å². The van der Waals surface area contributed by atoms with Crippen molar-refractivity contribution in [2.45, 2.75) is 116 Å². The van der Waals surface area contributed by atoms with Crippen LogP contribution < -0.4 is 21.9 Å². The summed E-state index contributed by atoms with van der Waals surface area (Å²) < 4.78 is 0. The number of hydrogen-bond acceptors (Lipinski definition) is 0. The van der Waals surface area contributed by atoms with Gasteiger partial charge in [0.2, 0.25) is 0 Å². The van der Waals surface area contributed by atoms with Crippen LogP contribution in [0.5, 0.6) is 0 Å². The Morgan fingerprint density at radius 1 is 0.727 bits per heavy atom. The molecule has 0 aromatic carbocycles. The van der Waals surface area contributed by atoms with Crippen LogP contribution in [0.15, 0.2) is 0 Å². The standard InChI is InChI=1S/C20H41N.BrH/c1-3-4-5-6-7-8-9-10-11-12-13-15-18-21-19-16-14-17-20(21)2;/h20H,3-19H2,1-2H3;1H. The molecular formula is C20H42BrN. The lowest BCUT2D eigenvalue weighted by molar-refractivity contribution is -0.928. The van der Waals surface area contributed by atoms with Gasteiger partial charge in [0.05, 0.1) is 19.1 Å². The molecule has 1 fully saturated rings. The molecule has 0 spiro atoms. The minimum absolute atomic E-state index is 0. The second-order valence-electron chi connectivity index (χ2n) is 7.44. The molecule has 0 bridgehead atoms. The maximum Gasteiger partial charge on any atom is 0.0846 e. The van der Waals surface area contributed by atoms with E-state index in [2.05, 4.69) is 13.8 Å². The summed E-state index contributed by atoms with van der Waals surface area (Å²) in [5, 5.41) is 0. The molecule has 0 saturated carbocycles. The highest BCUT2D eigenvalue weighted by Gasteiger charge is 2.20. The van der Waals surface area contributed by atoms with Crippen LogP contribution in [0.3, 0.4) is 0 Å². The van der Waals surface area contributed by atoms with E-state index >= 15 is 0 Å². The van der Waals surface area contributed by atoms with E-state index in [0.717, 1.165) is 6.04 Å². The Hall–Kier alpha value is 0.440. The number of hydrogen-bond donors (Lipinski definition) is 1. The molecule has 0 aromatic rings. The minimum Gasteiger partial charge on any atom is -1.00 e. The van der Waals surface area contributed by atoms with Gasteiger partial charge in [0.25, 0.3) is 0 Å².